The van der Waals surface area contributed by atoms with Gasteiger partial charge < -0.3 is 36.6 Å². The Balaban J connectivity index is 1.23. The number of carbonyl (C=O) groups is 1. The van der Waals surface area contributed by atoms with Gasteiger partial charge in [-0.1, -0.05) is 33.3 Å². The van der Waals surface area contributed by atoms with Crippen molar-refractivity contribution >= 4 is 104 Å². The Kier molecular flexibility index (Phi) is 15.7. The first kappa shape index (κ1) is 43.1. The Morgan fingerprint density at radius 2 is 1.29 bits per heavy atom. The van der Waals surface area contributed by atoms with Gasteiger partial charge in [-0.25, -0.2) is 15.8 Å². The predicted molar refractivity (Wildman–Crippen MR) is 214 cm³/mol. The van der Waals surface area contributed by atoms with Crippen molar-refractivity contribution in [1.29, 1.82) is 0 Å². The Bertz CT molecular complexity index is 2390. The smallest absolute Gasteiger partial charge is 0.255 e. The highest BCUT2D eigenvalue weighted by molar-refractivity contribution is 7.95. The van der Waals surface area contributed by atoms with E-state index >= 15 is 0 Å². The summed E-state index contributed by atoms with van der Waals surface area (Å²) >= 11 is 1.87. The number of carbonyl (C=O) groups excluding carboxylic acids is 1. The van der Waals surface area contributed by atoms with Gasteiger partial charge in [-0.15, -0.1) is 23.2 Å². The van der Waals surface area contributed by atoms with E-state index in [1.54, 1.807) is 78.9 Å². The first-order valence-corrected chi connectivity index (χ1v) is 18.9. The van der Waals surface area contributed by atoms with E-state index in [1.165, 1.54) is 0 Å². The van der Waals surface area contributed by atoms with Crippen molar-refractivity contribution in [3.8, 4) is 5.75 Å². The summed E-state index contributed by atoms with van der Waals surface area (Å²) in [5.74, 6) is -0.197. The lowest BCUT2D eigenvalue weighted by Crippen LogP contribution is -2.15. The van der Waals surface area contributed by atoms with Crippen molar-refractivity contribution in [1.82, 2.24) is 15.0 Å². The highest BCUT2D eigenvalue weighted by atomic mass is 32.2. The van der Waals surface area contributed by atoms with Gasteiger partial charge in [0, 0.05) is 45.7 Å². The van der Waals surface area contributed by atoms with Crippen molar-refractivity contribution in [2.45, 2.75) is 14.7 Å². The number of nitrogens with zero attached hydrogens (tertiary/aromatic N) is 5. The number of phenols is 1. The maximum absolute atomic E-state index is 13.3. The Morgan fingerprint density at radius 1 is 0.661 bits per heavy atom. The van der Waals surface area contributed by atoms with Gasteiger partial charge in [-0.3, -0.25) is 4.79 Å². The zero-order valence-electron chi connectivity index (χ0n) is 29.8. The van der Waals surface area contributed by atoms with E-state index in [4.69, 9.17) is 30.3 Å². The zero-order valence-corrected chi connectivity index (χ0v) is 32.3. The van der Waals surface area contributed by atoms with Gasteiger partial charge in [0.25, 0.3) is 5.91 Å². The molecule has 1 heterocycles. The molecule has 59 heavy (non-hydrogen) atoms. The fourth-order valence-corrected chi connectivity index (χ4v) is 6.90. The fourth-order valence-electron chi connectivity index (χ4n) is 5.34. The number of hydrogen-bond acceptors (Lipinski definition) is 24. The molecule has 5 aromatic carbocycles. The standard InChI is InChI=1S/C34H31N9O13S3/c44-14-12-35-32-39-33(36-13-15-45)41-34(40-32)38-20-6-4-18(5-7-20)31(47)37-21-8-9-22-19(16-21)17-27(58-55-52-49)28(29(22)46)43-42-25-11-10-23-24(30(25)59-56-53-50)2-1-3-26(23)57-54-51-48/h1-11,16-17,44-46,48-50H,12-15H2,(H,37,47)(H3,35,36,38,39,40,41)/b43-42+. The Labute approximate surface area is 344 Å². The van der Waals surface area contributed by atoms with Crippen LogP contribution in [-0.4, -0.2) is 78.3 Å². The summed E-state index contributed by atoms with van der Waals surface area (Å²) in [6.45, 7) is 0.145. The predicted octanol–water partition coefficient (Wildman–Crippen LogP) is 7.39. The van der Waals surface area contributed by atoms with Crippen LogP contribution in [0.5, 0.6) is 5.75 Å². The quantitative estimate of drug-likeness (QED) is 0.0146. The molecule has 0 radical (unpaired) electrons. The van der Waals surface area contributed by atoms with E-state index in [0.717, 1.165) is 12.0 Å². The molecule has 0 aliphatic heterocycles. The second kappa shape index (κ2) is 21.5. The minimum absolute atomic E-state index is 0.0781. The summed E-state index contributed by atoms with van der Waals surface area (Å²) in [4.78, 5) is 27.0. The Morgan fingerprint density at radius 3 is 1.97 bits per heavy atom. The van der Waals surface area contributed by atoms with Crippen molar-refractivity contribution in [2.75, 3.05) is 47.6 Å². The van der Waals surface area contributed by atoms with Crippen LogP contribution in [0.1, 0.15) is 10.4 Å². The first-order valence-electron chi connectivity index (χ1n) is 16.7. The molecule has 0 fully saturated rings. The number of phenolic OH excluding ortho intramolecular Hbond substituents is 1. The molecule has 22 nitrogen and oxygen atoms in total. The van der Waals surface area contributed by atoms with Gasteiger partial charge in [0.05, 0.1) is 59.1 Å². The highest BCUT2D eigenvalue weighted by Gasteiger charge is 2.18. The van der Waals surface area contributed by atoms with Gasteiger partial charge in [0.1, 0.15) is 11.4 Å². The normalized spacial score (nSPS) is 11.4. The van der Waals surface area contributed by atoms with Crippen LogP contribution in [0.3, 0.4) is 0 Å². The lowest BCUT2D eigenvalue weighted by Gasteiger charge is -2.12. The third-order valence-electron chi connectivity index (χ3n) is 7.80. The number of amides is 1. The lowest BCUT2D eigenvalue weighted by molar-refractivity contribution is -0.432. The molecule has 0 unspecified atom stereocenters. The number of anilines is 5. The second-order valence-corrected chi connectivity index (χ2v) is 13.6. The third kappa shape index (κ3) is 11.2. The molecule has 1 amide bonds. The minimum atomic E-state index is -0.442. The number of aliphatic hydroxyl groups excluding tert-OH is 2. The van der Waals surface area contributed by atoms with Crippen LogP contribution in [0, 0.1) is 0 Å². The van der Waals surface area contributed by atoms with Crippen LogP contribution >= 0.6 is 36.1 Å². The number of hydrogen-bond donors (Lipinski definition) is 10. The molecule has 308 valence electrons. The van der Waals surface area contributed by atoms with Gasteiger partial charge in [-0.2, -0.15) is 15.0 Å². The average Bonchev–Trinajstić information content (AvgIpc) is 3.25. The molecule has 1 aromatic heterocycles. The number of aliphatic hydroxyl groups is 2. The van der Waals surface area contributed by atoms with Crippen LogP contribution in [0.4, 0.5) is 40.6 Å². The van der Waals surface area contributed by atoms with Crippen LogP contribution in [0.25, 0.3) is 21.5 Å². The molecule has 0 aliphatic carbocycles. The zero-order chi connectivity index (χ0) is 41.6. The van der Waals surface area contributed by atoms with E-state index in [-0.39, 0.29) is 66.2 Å². The van der Waals surface area contributed by atoms with Crippen molar-refractivity contribution in [2.24, 2.45) is 10.2 Å². The van der Waals surface area contributed by atoms with Crippen molar-refractivity contribution < 1.29 is 64.0 Å². The average molecular weight is 870 g/mol. The maximum Gasteiger partial charge on any atom is 0.255 e. The summed E-state index contributed by atoms with van der Waals surface area (Å²) in [6, 6.07) is 21.1. The number of aromatic nitrogens is 3. The topological polar surface area (TPSA) is 305 Å². The molecule has 0 saturated heterocycles. The summed E-state index contributed by atoms with van der Waals surface area (Å²) in [6.07, 6.45) is 0. The van der Waals surface area contributed by atoms with Gasteiger partial charge in [-0.05, 0) is 71.4 Å². The second-order valence-electron chi connectivity index (χ2n) is 11.4. The highest BCUT2D eigenvalue weighted by Crippen LogP contribution is 2.46. The molecule has 0 bridgehead atoms. The van der Waals surface area contributed by atoms with Crippen LogP contribution < -0.4 is 21.3 Å². The molecular formula is C34H31N9O13S3. The van der Waals surface area contributed by atoms with Crippen LogP contribution in [0.2, 0.25) is 0 Å². The molecule has 0 saturated carbocycles. The number of fused-ring (bicyclic) bond motifs is 2. The lowest BCUT2D eigenvalue weighted by atomic mass is 10.1. The van der Waals surface area contributed by atoms with Crippen LogP contribution in [0.15, 0.2) is 104 Å². The van der Waals surface area contributed by atoms with E-state index < -0.39 is 5.91 Å². The van der Waals surface area contributed by atoms with Gasteiger partial charge >= 0.3 is 0 Å². The largest absolute Gasteiger partial charge is 0.505 e. The first-order chi connectivity index (χ1) is 28.8. The molecule has 0 spiro atoms. The molecule has 25 heteroatoms. The van der Waals surface area contributed by atoms with Gasteiger partial charge in [0.2, 0.25) is 17.8 Å². The number of aromatic hydroxyl groups is 1. The summed E-state index contributed by atoms with van der Waals surface area (Å²) < 4.78 is 14.0. The van der Waals surface area contributed by atoms with Crippen LogP contribution in [-0.2, 0) is 28.1 Å². The molecule has 6 rings (SSSR count). The van der Waals surface area contributed by atoms with Gasteiger partial charge in [0.15, 0.2) is 5.75 Å². The molecule has 6 aromatic rings. The van der Waals surface area contributed by atoms with E-state index in [0.29, 0.717) is 72.4 Å². The number of benzene rings is 5. The minimum Gasteiger partial charge on any atom is -0.505 e. The number of azo groups is 1. The maximum atomic E-state index is 13.3. The van der Waals surface area contributed by atoms with E-state index in [1.807, 2.05) is 0 Å². The number of rotatable bonds is 21. The Hall–Kier alpha value is -5.49. The third-order valence-corrected chi connectivity index (χ3v) is 9.81. The number of nitrogens with one attached hydrogen (secondary N) is 4. The summed E-state index contributed by atoms with van der Waals surface area (Å²) in [5.41, 5.74) is 1.38. The molecule has 10 N–H and O–H groups in total. The molecule has 0 aliphatic rings. The van der Waals surface area contributed by atoms with E-state index in [2.05, 4.69) is 70.2 Å². The monoisotopic (exact) mass is 869 g/mol. The van der Waals surface area contributed by atoms with Crippen molar-refractivity contribution in [3.05, 3.63) is 84.4 Å². The summed E-state index contributed by atoms with van der Waals surface area (Å²) in [5, 5.41) is 89.5. The van der Waals surface area contributed by atoms with E-state index in [9.17, 15) is 9.90 Å². The fraction of sp³-hybridized carbons (Fsp3) is 0.118. The SMILES string of the molecule is O=C(Nc1ccc2c(O)c(/N=N/c3ccc4c(SOOO)cccc4c3SOOO)c(SOOO)cc2c1)c1ccc(Nc2nc(NCCO)nc(NCCO)n2)cc1. The summed E-state index contributed by atoms with van der Waals surface area (Å²) in [7, 11) is 0. The molecular weight excluding hydrogens is 839 g/mol. The van der Waals surface area contributed by atoms with Crippen molar-refractivity contribution in [3.63, 3.8) is 0 Å². The molecule has 0 atom stereocenters.